The van der Waals surface area contributed by atoms with Crippen LogP contribution in [0, 0.1) is 5.92 Å². The molecule has 2 N–H and O–H groups in total. The quantitative estimate of drug-likeness (QED) is 0.395. The van der Waals surface area contributed by atoms with E-state index in [4.69, 9.17) is 10.5 Å². The molecule has 13 nitrogen and oxygen atoms in total. The number of likely N-dealkylation sites (N-methyl/N-ethyl adjacent to an activating group) is 2. The molecule has 0 bridgehead atoms. The number of piperazine rings is 2. The van der Waals surface area contributed by atoms with Crippen molar-refractivity contribution in [2.24, 2.45) is 11.7 Å². The summed E-state index contributed by atoms with van der Waals surface area (Å²) in [6, 6.07) is 8.25. The number of esters is 1. The van der Waals surface area contributed by atoms with Crippen molar-refractivity contribution in [3.8, 4) is 0 Å². The highest BCUT2D eigenvalue weighted by Crippen LogP contribution is 2.24. The third kappa shape index (κ3) is 9.99. The lowest BCUT2D eigenvalue weighted by atomic mass is 10.1. The molecule has 4 heterocycles. The number of rotatable bonds is 8. The van der Waals surface area contributed by atoms with Crippen molar-refractivity contribution in [2.75, 3.05) is 79.5 Å². The van der Waals surface area contributed by atoms with Gasteiger partial charge < -0.3 is 39.9 Å². The minimum Gasteiger partial charge on any atom is -0.461 e. The minimum atomic E-state index is -0.527. The van der Waals surface area contributed by atoms with E-state index >= 15 is 0 Å². The minimum absolute atomic E-state index is 0.0254. The molecule has 4 atom stereocenters. The van der Waals surface area contributed by atoms with Crippen LogP contribution in [0.25, 0.3) is 0 Å². The van der Waals surface area contributed by atoms with Crippen molar-refractivity contribution in [3.63, 3.8) is 0 Å². The second kappa shape index (κ2) is 17.7. The van der Waals surface area contributed by atoms with E-state index in [2.05, 4.69) is 16.8 Å². The highest BCUT2D eigenvalue weighted by molar-refractivity contribution is 5.91. The van der Waals surface area contributed by atoms with Crippen LogP contribution in [0.5, 0.6) is 0 Å². The lowest BCUT2D eigenvalue weighted by molar-refractivity contribution is -0.151. The van der Waals surface area contributed by atoms with Crippen molar-refractivity contribution in [3.05, 3.63) is 35.9 Å². The van der Waals surface area contributed by atoms with Gasteiger partial charge in [-0.3, -0.25) is 24.0 Å². The van der Waals surface area contributed by atoms with Crippen molar-refractivity contribution >= 4 is 29.6 Å². The number of benzene rings is 1. The van der Waals surface area contributed by atoms with Crippen LogP contribution in [0.15, 0.2) is 30.3 Å². The molecule has 266 valence electrons. The van der Waals surface area contributed by atoms with Crippen molar-refractivity contribution < 1.29 is 28.7 Å². The number of likely N-dealkylation sites (tertiary alicyclic amines) is 2. The molecular weight excluding hydrogens is 614 g/mol. The predicted octanol–water partition coefficient (Wildman–Crippen LogP) is 0.620. The van der Waals surface area contributed by atoms with Crippen LogP contribution in [0.2, 0.25) is 0 Å². The van der Waals surface area contributed by atoms with E-state index in [0.29, 0.717) is 32.6 Å². The van der Waals surface area contributed by atoms with Crippen molar-refractivity contribution in [1.29, 1.82) is 0 Å². The Morgan fingerprint density at radius 2 is 1.17 bits per heavy atom. The Hall–Kier alpha value is -3.55. The first-order chi connectivity index (χ1) is 23.0. The summed E-state index contributed by atoms with van der Waals surface area (Å²) in [5, 5.41) is 0. The third-order valence-electron chi connectivity index (χ3n) is 9.80. The summed E-state index contributed by atoms with van der Waals surface area (Å²) in [5.74, 6) is -0.992. The van der Waals surface area contributed by atoms with Crippen LogP contribution in [0.3, 0.4) is 0 Å². The topological polar surface area (TPSA) is 140 Å². The number of hydrogen-bond donors (Lipinski definition) is 1. The smallest absolute Gasteiger partial charge is 0.306 e. The van der Waals surface area contributed by atoms with E-state index in [1.54, 1.807) is 23.6 Å². The van der Waals surface area contributed by atoms with Gasteiger partial charge in [-0.15, -0.1) is 0 Å². The molecule has 4 aliphatic heterocycles. The first kappa shape index (κ1) is 37.3. The number of carbonyl (C=O) groups is 5. The largest absolute Gasteiger partial charge is 0.461 e. The second-order valence-corrected chi connectivity index (χ2v) is 13.7. The fraction of sp³-hybridized carbons (Fsp3) is 0.686. The number of hydrogen-bond acceptors (Lipinski definition) is 9. The zero-order valence-corrected chi connectivity index (χ0v) is 29.2. The zero-order chi connectivity index (χ0) is 34.8. The molecule has 48 heavy (non-hydrogen) atoms. The van der Waals surface area contributed by atoms with E-state index in [1.165, 1.54) is 0 Å². The normalized spacial score (nSPS) is 23.3. The van der Waals surface area contributed by atoms with Crippen molar-refractivity contribution in [2.45, 2.75) is 70.7 Å². The highest BCUT2D eigenvalue weighted by atomic mass is 16.5. The number of carbonyl (C=O) groups excluding carboxylic acids is 5. The van der Waals surface area contributed by atoms with Crippen LogP contribution in [-0.2, 0) is 35.3 Å². The summed E-state index contributed by atoms with van der Waals surface area (Å²) >= 11 is 0. The van der Waals surface area contributed by atoms with Crippen LogP contribution in [0.1, 0.15) is 51.5 Å². The summed E-state index contributed by atoms with van der Waals surface area (Å²) in [5.41, 5.74) is 6.57. The van der Waals surface area contributed by atoms with Gasteiger partial charge in [-0.1, -0.05) is 37.3 Å². The molecule has 0 saturated carbocycles. The molecule has 0 aliphatic carbocycles. The molecule has 0 spiro atoms. The van der Waals surface area contributed by atoms with Crippen LogP contribution in [-0.4, -0.2) is 157 Å². The van der Waals surface area contributed by atoms with Gasteiger partial charge in [0.2, 0.25) is 23.6 Å². The maximum Gasteiger partial charge on any atom is 0.306 e. The van der Waals surface area contributed by atoms with Gasteiger partial charge in [-0.05, 0) is 52.3 Å². The number of ether oxygens (including phenoxy) is 1. The molecule has 4 saturated heterocycles. The lowest BCUT2D eigenvalue weighted by Gasteiger charge is -2.36. The maximum absolute atomic E-state index is 12.9. The fourth-order valence-corrected chi connectivity index (χ4v) is 6.73. The molecule has 0 radical (unpaired) electrons. The van der Waals surface area contributed by atoms with E-state index in [0.717, 1.165) is 64.1 Å². The van der Waals surface area contributed by atoms with Gasteiger partial charge in [0, 0.05) is 71.4 Å². The Labute approximate surface area is 285 Å². The second-order valence-electron chi connectivity index (χ2n) is 13.7. The Kier molecular flexibility index (Phi) is 13.8. The molecule has 4 fully saturated rings. The molecule has 0 unspecified atom stereocenters. The van der Waals surface area contributed by atoms with Gasteiger partial charge in [-0.25, -0.2) is 0 Å². The van der Waals surface area contributed by atoms with Gasteiger partial charge in [0.1, 0.15) is 18.7 Å². The van der Waals surface area contributed by atoms with Crippen LogP contribution < -0.4 is 5.73 Å². The SMILES string of the molecule is C[C@H](CC(=O)OCc1ccccc1)C(=O)N1CCC[C@H]1C(=O)N1CCN(C)CC1.C[C@H](N)C(=O)N1CCC[C@H]1C(=O)N1CCN(C)CC1. The highest BCUT2D eigenvalue weighted by Gasteiger charge is 2.39. The standard InChI is InChI=1S/C22H31N3O4.C13H24N4O2/c1-17(15-20(26)29-16-18-7-4-3-5-8-18)21(27)25-10-6-9-19(25)22(28)24-13-11-23(2)12-14-24;1-10(14)12(18)17-5-3-4-11(17)13(19)16-8-6-15(2)7-9-16/h3-5,7-8,17,19H,6,9-16H2,1-2H3;10-11H,3-9,14H2,1-2H3/t17-,19+;10-,11-/m10/s1. The van der Waals surface area contributed by atoms with E-state index in [9.17, 15) is 24.0 Å². The molecule has 5 rings (SSSR count). The molecule has 4 aliphatic rings. The summed E-state index contributed by atoms with van der Waals surface area (Å²) in [4.78, 5) is 74.1. The monoisotopic (exact) mass is 669 g/mol. The van der Waals surface area contributed by atoms with Crippen molar-refractivity contribution in [1.82, 2.24) is 29.4 Å². The van der Waals surface area contributed by atoms with Gasteiger partial charge >= 0.3 is 5.97 Å². The maximum atomic E-state index is 12.9. The Balaban J connectivity index is 0.000000237. The fourth-order valence-electron chi connectivity index (χ4n) is 6.73. The Bertz CT molecular complexity index is 1250. The van der Waals surface area contributed by atoms with Crippen LogP contribution in [0.4, 0.5) is 0 Å². The summed E-state index contributed by atoms with van der Waals surface area (Å²) in [6.45, 7) is 11.3. The molecule has 13 heteroatoms. The van der Waals surface area contributed by atoms with Gasteiger partial charge in [0.05, 0.1) is 12.5 Å². The molecular formula is C35H55N7O6. The summed E-state index contributed by atoms with van der Waals surface area (Å²) < 4.78 is 5.30. The molecule has 0 aromatic heterocycles. The average molecular weight is 670 g/mol. The van der Waals surface area contributed by atoms with Gasteiger partial charge in [0.15, 0.2) is 0 Å². The van der Waals surface area contributed by atoms with E-state index < -0.39 is 24.0 Å². The Morgan fingerprint density at radius 3 is 1.62 bits per heavy atom. The molecule has 1 aromatic carbocycles. The molecule has 4 amide bonds. The first-order valence-electron chi connectivity index (χ1n) is 17.5. The zero-order valence-electron chi connectivity index (χ0n) is 29.2. The predicted molar refractivity (Wildman–Crippen MR) is 181 cm³/mol. The number of nitrogens with zero attached hydrogens (tertiary/aromatic N) is 6. The van der Waals surface area contributed by atoms with E-state index in [-0.39, 0.29) is 42.7 Å². The Morgan fingerprint density at radius 1 is 0.708 bits per heavy atom. The third-order valence-corrected chi connectivity index (χ3v) is 9.80. The van der Waals surface area contributed by atoms with E-state index in [1.807, 2.05) is 47.2 Å². The molecule has 1 aromatic rings. The van der Waals surface area contributed by atoms with Gasteiger partial charge in [0.25, 0.3) is 0 Å². The number of amides is 4. The van der Waals surface area contributed by atoms with Crippen LogP contribution >= 0.6 is 0 Å². The average Bonchev–Trinajstić information content (AvgIpc) is 3.78. The number of nitrogens with two attached hydrogens (primary N) is 1. The summed E-state index contributed by atoms with van der Waals surface area (Å²) in [7, 11) is 4.11. The van der Waals surface area contributed by atoms with Gasteiger partial charge in [-0.2, -0.15) is 0 Å². The first-order valence-corrected chi connectivity index (χ1v) is 17.5. The summed E-state index contributed by atoms with van der Waals surface area (Å²) in [6.07, 6.45) is 3.20. The lowest BCUT2D eigenvalue weighted by Crippen LogP contribution is -2.55.